The molecule has 0 aromatic carbocycles. The van der Waals surface area contributed by atoms with Gasteiger partial charge in [-0.05, 0) is 44.9 Å². The monoisotopic (exact) mass is 1040 g/mol. The van der Waals surface area contributed by atoms with Gasteiger partial charge in [0, 0.05) is 12.8 Å². The van der Waals surface area contributed by atoms with E-state index in [9.17, 15) is 19.8 Å². The van der Waals surface area contributed by atoms with Gasteiger partial charge >= 0.3 is 5.97 Å². The minimum absolute atomic E-state index is 0.0309. The fourth-order valence-corrected chi connectivity index (χ4v) is 10.7. The van der Waals surface area contributed by atoms with E-state index in [1.165, 1.54) is 289 Å². The van der Waals surface area contributed by atoms with Gasteiger partial charge in [0.1, 0.15) is 0 Å². The van der Waals surface area contributed by atoms with Gasteiger partial charge in [-0.25, -0.2) is 0 Å². The van der Waals surface area contributed by atoms with E-state index in [0.29, 0.717) is 25.9 Å². The smallest absolute Gasteiger partial charge is 0.305 e. The number of aliphatic hydroxyl groups excluding tert-OH is 2. The van der Waals surface area contributed by atoms with Crippen LogP contribution < -0.4 is 5.32 Å². The molecule has 0 heterocycles. The number of nitrogens with one attached hydrogen (secondary N) is 1. The largest absolute Gasteiger partial charge is 0.465 e. The molecule has 0 aliphatic rings. The van der Waals surface area contributed by atoms with Crippen LogP contribution in [0, 0.1) is 0 Å². The highest BCUT2D eigenvalue weighted by atomic mass is 16.5. The lowest BCUT2D eigenvalue weighted by molar-refractivity contribution is -0.143. The van der Waals surface area contributed by atoms with E-state index in [4.69, 9.17) is 4.74 Å². The molecule has 0 aliphatic carbocycles. The van der Waals surface area contributed by atoms with Gasteiger partial charge < -0.3 is 20.3 Å². The fourth-order valence-electron chi connectivity index (χ4n) is 10.7. The number of allylic oxidation sites excluding steroid dienone is 3. The molecule has 3 N–H and O–H groups in total. The number of ether oxygens (including phenoxy) is 1. The summed E-state index contributed by atoms with van der Waals surface area (Å²) in [5, 5.41) is 23.4. The first-order valence-electron chi connectivity index (χ1n) is 33.6. The van der Waals surface area contributed by atoms with E-state index in [1.807, 2.05) is 0 Å². The fraction of sp³-hybridized carbons (Fsp3) is 0.912. The van der Waals surface area contributed by atoms with E-state index in [2.05, 4.69) is 43.5 Å². The number of carbonyl (C=O) groups excluding carboxylic acids is 2. The molecule has 6 heteroatoms. The van der Waals surface area contributed by atoms with Crippen molar-refractivity contribution in [3.63, 3.8) is 0 Å². The van der Waals surface area contributed by atoms with Crippen LogP contribution in [0.15, 0.2) is 24.3 Å². The summed E-state index contributed by atoms with van der Waals surface area (Å²) in [6.45, 7) is 4.88. The molecule has 6 nitrogen and oxygen atoms in total. The normalized spacial score (nSPS) is 12.6. The maximum atomic E-state index is 12.5. The van der Waals surface area contributed by atoms with Gasteiger partial charge in [-0.2, -0.15) is 0 Å². The third kappa shape index (κ3) is 59.6. The molecule has 74 heavy (non-hydrogen) atoms. The summed E-state index contributed by atoms with van der Waals surface area (Å²) in [7, 11) is 0. The zero-order valence-electron chi connectivity index (χ0n) is 50.1. The van der Waals surface area contributed by atoms with Crippen LogP contribution in [0.2, 0.25) is 0 Å². The zero-order valence-corrected chi connectivity index (χ0v) is 50.1. The molecule has 0 fully saturated rings. The van der Waals surface area contributed by atoms with Crippen molar-refractivity contribution in [2.45, 2.75) is 386 Å². The Morgan fingerprint density at radius 2 is 0.676 bits per heavy atom. The van der Waals surface area contributed by atoms with Crippen LogP contribution >= 0.6 is 0 Å². The van der Waals surface area contributed by atoms with Crippen LogP contribution in [0.3, 0.4) is 0 Å². The third-order valence-corrected chi connectivity index (χ3v) is 15.8. The maximum Gasteiger partial charge on any atom is 0.305 e. The van der Waals surface area contributed by atoms with E-state index < -0.39 is 12.1 Å². The van der Waals surface area contributed by atoms with Crippen molar-refractivity contribution < 1.29 is 24.5 Å². The van der Waals surface area contributed by atoms with Gasteiger partial charge in [0.25, 0.3) is 0 Å². The number of amides is 1. The highest BCUT2D eigenvalue weighted by molar-refractivity contribution is 5.76. The number of hydrogen-bond donors (Lipinski definition) is 3. The zero-order chi connectivity index (χ0) is 53.6. The lowest BCUT2D eigenvalue weighted by atomic mass is 10.0. The Labute approximate surface area is 462 Å². The highest BCUT2D eigenvalue weighted by Gasteiger charge is 2.20. The predicted octanol–water partition coefficient (Wildman–Crippen LogP) is 21.4. The molecule has 0 spiro atoms. The van der Waals surface area contributed by atoms with Crippen LogP contribution in [-0.4, -0.2) is 47.4 Å². The average Bonchev–Trinajstić information content (AvgIpc) is 3.40. The average molecular weight is 1040 g/mol. The van der Waals surface area contributed by atoms with Crippen LogP contribution in [0.1, 0.15) is 373 Å². The lowest BCUT2D eigenvalue weighted by Crippen LogP contribution is -2.45. The Bertz CT molecular complexity index is 1150. The third-order valence-electron chi connectivity index (χ3n) is 15.8. The quantitative estimate of drug-likeness (QED) is 0.0320. The number of unbranched alkanes of at least 4 members (excludes halogenated alkanes) is 48. The first-order chi connectivity index (χ1) is 36.5. The molecule has 0 aromatic rings. The number of esters is 1. The van der Waals surface area contributed by atoms with Crippen molar-refractivity contribution in [3.8, 4) is 0 Å². The number of rotatable bonds is 63. The second-order valence-corrected chi connectivity index (χ2v) is 23.2. The highest BCUT2D eigenvalue weighted by Crippen LogP contribution is 2.19. The van der Waals surface area contributed by atoms with Crippen LogP contribution in [0.5, 0.6) is 0 Å². The minimum Gasteiger partial charge on any atom is -0.465 e. The van der Waals surface area contributed by atoms with Gasteiger partial charge in [0.15, 0.2) is 0 Å². The first-order valence-corrected chi connectivity index (χ1v) is 33.6. The molecule has 2 atom stereocenters. The molecule has 0 rings (SSSR count). The summed E-state index contributed by atoms with van der Waals surface area (Å²) in [4.78, 5) is 24.6. The predicted molar refractivity (Wildman–Crippen MR) is 324 cm³/mol. The summed E-state index contributed by atoms with van der Waals surface area (Å²) in [5.74, 6) is -0.0668. The SMILES string of the molecule is CCCCCCCCCCCCCCCCCCCCCCC(O)C(CO)NC(=O)CCCCCCCCCCCCCCCC/C=C\C/C=C\CCOC(=O)CCCCCCCCCCCCCCCCCC. The molecule has 0 radical (unpaired) electrons. The molecule has 2 unspecified atom stereocenters. The Balaban J connectivity index is 3.43. The summed E-state index contributed by atoms with van der Waals surface area (Å²) in [5.41, 5.74) is 0. The molecule has 1 amide bonds. The molecular formula is C68H131NO5. The van der Waals surface area contributed by atoms with Gasteiger partial charge in [-0.15, -0.1) is 0 Å². The Hall–Kier alpha value is -1.66. The molecule has 0 aromatic heterocycles. The maximum absolute atomic E-state index is 12.5. The van der Waals surface area contributed by atoms with Gasteiger partial charge in [-0.1, -0.05) is 340 Å². The molecule has 438 valence electrons. The number of carbonyl (C=O) groups is 2. The van der Waals surface area contributed by atoms with Crippen molar-refractivity contribution in [1.82, 2.24) is 5.32 Å². The molecule has 0 bridgehead atoms. The Morgan fingerprint density at radius 3 is 1.03 bits per heavy atom. The lowest BCUT2D eigenvalue weighted by Gasteiger charge is -2.22. The molecular weight excluding hydrogens is 911 g/mol. The molecule has 0 saturated heterocycles. The van der Waals surface area contributed by atoms with E-state index >= 15 is 0 Å². The number of aliphatic hydroxyl groups is 2. The van der Waals surface area contributed by atoms with Gasteiger partial charge in [0.2, 0.25) is 5.91 Å². The summed E-state index contributed by atoms with van der Waals surface area (Å²) >= 11 is 0. The Kier molecular flexibility index (Phi) is 62.4. The molecule has 0 saturated carbocycles. The van der Waals surface area contributed by atoms with Crippen molar-refractivity contribution in [2.75, 3.05) is 13.2 Å². The van der Waals surface area contributed by atoms with E-state index in [0.717, 1.165) is 51.4 Å². The second kappa shape index (κ2) is 63.9. The van der Waals surface area contributed by atoms with E-state index in [-0.39, 0.29) is 18.5 Å². The van der Waals surface area contributed by atoms with Crippen molar-refractivity contribution in [1.29, 1.82) is 0 Å². The standard InChI is InChI=1S/C68H131NO5/c1-3-5-7-9-11-13-15-17-19-21-22-26-29-32-36-40-44-48-52-56-60-66(71)65(64-70)69-67(72)61-57-53-49-45-41-37-33-30-27-24-23-25-28-31-35-39-43-47-51-55-59-63-74-68(73)62-58-54-50-46-42-38-34-20-18-16-14-12-10-8-6-4-2/h39,43,51,55,65-66,70-71H,3-38,40-42,44-50,52-54,56-64H2,1-2H3,(H,69,72)/b43-39-,55-51-. The van der Waals surface area contributed by atoms with Crippen molar-refractivity contribution in [3.05, 3.63) is 24.3 Å². The van der Waals surface area contributed by atoms with Crippen LogP contribution in [-0.2, 0) is 14.3 Å². The van der Waals surface area contributed by atoms with Crippen LogP contribution in [0.25, 0.3) is 0 Å². The summed E-state index contributed by atoms with van der Waals surface area (Å²) in [6, 6.07) is -0.546. The second-order valence-electron chi connectivity index (χ2n) is 23.2. The topological polar surface area (TPSA) is 95.9 Å². The first kappa shape index (κ1) is 72.3. The summed E-state index contributed by atoms with van der Waals surface area (Å²) < 4.78 is 5.43. The number of hydrogen-bond acceptors (Lipinski definition) is 5. The Morgan fingerprint density at radius 1 is 0.378 bits per heavy atom. The van der Waals surface area contributed by atoms with Crippen LogP contribution in [0.4, 0.5) is 0 Å². The van der Waals surface area contributed by atoms with Gasteiger partial charge in [-0.3, -0.25) is 9.59 Å². The summed E-state index contributed by atoms with van der Waals surface area (Å²) in [6.07, 6.45) is 79.3. The van der Waals surface area contributed by atoms with Crippen molar-refractivity contribution in [2.24, 2.45) is 0 Å². The molecule has 0 aliphatic heterocycles. The van der Waals surface area contributed by atoms with Gasteiger partial charge in [0.05, 0.1) is 25.4 Å². The van der Waals surface area contributed by atoms with E-state index in [1.54, 1.807) is 0 Å². The minimum atomic E-state index is -0.668. The van der Waals surface area contributed by atoms with Crippen molar-refractivity contribution >= 4 is 11.9 Å².